The minimum Gasteiger partial charge on any atom is -0.326 e. The third-order valence-corrected chi connectivity index (χ3v) is 5.05. The van der Waals surface area contributed by atoms with Gasteiger partial charge < -0.3 is 5.32 Å². The van der Waals surface area contributed by atoms with Gasteiger partial charge in [-0.1, -0.05) is 59.8 Å². The summed E-state index contributed by atoms with van der Waals surface area (Å²) in [5.74, 6) is -0.452. The monoisotopic (exact) mass is 358 g/mol. The number of rotatable bonds is 5. The van der Waals surface area contributed by atoms with Crippen LogP contribution in [0.15, 0.2) is 59.6 Å². The molecule has 122 valence electrons. The van der Waals surface area contributed by atoms with Crippen LogP contribution in [-0.2, 0) is 16.0 Å². The Morgan fingerprint density at radius 2 is 1.83 bits per heavy atom. The summed E-state index contributed by atoms with van der Waals surface area (Å²) in [5, 5.41) is 3.67. The number of hydrogen-bond donors (Lipinski definition) is 1. The van der Waals surface area contributed by atoms with Crippen molar-refractivity contribution in [3.8, 4) is 0 Å². The minimum atomic E-state index is -0.466. The van der Waals surface area contributed by atoms with Crippen molar-refractivity contribution in [2.45, 2.75) is 18.1 Å². The lowest BCUT2D eigenvalue weighted by atomic mass is 10.2. The van der Waals surface area contributed by atoms with Gasteiger partial charge in [0.05, 0.1) is 5.04 Å². The maximum atomic E-state index is 12.1. The molecule has 0 saturated carbocycles. The highest BCUT2D eigenvalue weighted by atomic mass is 35.5. The molecular formula is C18H15ClN2O2S. The van der Waals surface area contributed by atoms with Crippen molar-refractivity contribution >= 4 is 45.9 Å². The zero-order chi connectivity index (χ0) is 16.9. The van der Waals surface area contributed by atoms with E-state index in [1.54, 1.807) is 12.1 Å². The van der Waals surface area contributed by atoms with Gasteiger partial charge in [0, 0.05) is 23.6 Å². The molecule has 1 aliphatic rings. The van der Waals surface area contributed by atoms with E-state index in [0.717, 1.165) is 11.3 Å². The Morgan fingerprint density at radius 3 is 2.58 bits per heavy atom. The van der Waals surface area contributed by atoms with Crippen LogP contribution in [0.3, 0.4) is 0 Å². The van der Waals surface area contributed by atoms with Crippen LogP contribution < -0.4 is 5.32 Å². The fourth-order valence-corrected chi connectivity index (χ4v) is 3.65. The Morgan fingerprint density at radius 1 is 1.12 bits per heavy atom. The van der Waals surface area contributed by atoms with Crippen LogP contribution in [-0.4, -0.2) is 22.1 Å². The molecule has 2 aromatic rings. The summed E-state index contributed by atoms with van der Waals surface area (Å²) < 4.78 is 0. The summed E-state index contributed by atoms with van der Waals surface area (Å²) in [6.45, 7) is 0. The van der Waals surface area contributed by atoms with Crippen LogP contribution in [0, 0.1) is 0 Å². The summed E-state index contributed by atoms with van der Waals surface area (Å²) in [5.41, 5.74) is 1.64. The largest absolute Gasteiger partial charge is 0.326 e. The lowest BCUT2D eigenvalue weighted by Gasteiger charge is -2.08. The predicted octanol–water partition coefficient (Wildman–Crippen LogP) is 3.95. The average Bonchev–Trinajstić information content (AvgIpc) is 2.90. The number of carbonyl (C=O) groups is 2. The van der Waals surface area contributed by atoms with Crippen LogP contribution in [0.5, 0.6) is 0 Å². The summed E-state index contributed by atoms with van der Waals surface area (Å²) in [6.07, 6.45) is 0.612. The van der Waals surface area contributed by atoms with Gasteiger partial charge in [-0.15, -0.1) is 0 Å². The molecule has 0 aromatic heterocycles. The van der Waals surface area contributed by atoms with Gasteiger partial charge in [0.1, 0.15) is 5.25 Å². The molecule has 0 unspecified atom stereocenters. The van der Waals surface area contributed by atoms with E-state index in [-0.39, 0.29) is 18.2 Å². The number of anilines is 1. The normalized spacial score (nSPS) is 16.8. The third-order valence-electron chi connectivity index (χ3n) is 3.52. The summed E-state index contributed by atoms with van der Waals surface area (Å²) in [7, 11) is 0. The number of para-hydroxylation sites is 1. The topological polar surface area (TPSA) is 58.5 Å². The number of thioether (sulfide) groups is 1. The number of halogens is 1. The second-order valence-corrected chi connectivity index (χ2v) is 7.02. The van der Waals surface area contributed by atoms with Crippen LogP contribution >= 0.6 is 23.4 Å². The first-order valence-electron chi connectivity index (χ1n) is 7.48. The Hall–Kier alpha value is -2.11. The van der Waals surface area contributed by atoms with Crippen LogP contribution in [0.2, 0.25) is 5.02 Å². The highest BCUT2D eigenvalue weighted by molar-refractivity contribution is 8.15. The summed E-state index contributed by atoms with van der Waals surface area (Å²) in [6, 6.07) is 16.6. The number of amides is 2. The molecule has 0 radical (unpaired) electrons. The second kappa shape index (κ2) is 7.64. The number of hydrogen-bond acceptors (Lipinski definition) is 3. The molecule has 0 bridgehead atoms. The molecule has 24 heavy (non-hydrogen) atoms. The van der Waals surface area contributed by atoms with Gasteiger partial charge in [0.25, 0.3) is 5.91 Å². The number of carbonyl (C=O) groups excluding carboxylic acids is 2. The Labute approximate surface area is 149 Å². The molecular weight excluding hydrogens is 344 g/mol. The zero-order valence-electron chi connectivity index (χ0n) is 12.7. The molecule has 2 amide bonds. The fourth-order valence-electron chi connectivity index (χ4n) is 2.35. The minimum absolute atomic E-state index is 0.105. The highest BCUT2D eigenvalue weighted by Gasteiger charge is 2.30. The SMILES string of the molecule is O=C(C[C@@H]1SC(Cc2ccccc2Cl)=NC1=O)Nc1ccccc1. The molecule has 0 aliphatic carbocycles. The summed E-state index contributed by atoms with van der Waals surface area (Å²) in [4.78, 5) is 28.2. The molecule has 3 rings (SSSR count). The first-order valence-corrected chi connectivity index (χ1v) is 8.74. The lowest BCUT2D eigenvalue weighted by molar-refractivity contribution is -0.121. The number of aliphatic imine (C=N–C) groups is 1. The molecule has 1 N–H and O–H groups in total. The molecule has 0 fully saturated rings. The molecule has 1 heterocycles. The van der Waals surface area contributed by atoms with Gasteiger partial charge in [-0.2, -0.15) is 0 Å². The van der Waals surface area contributed by atoms with E-state index in [0.29, 0.717) is 16.5 Å². The van der Waals surface area contributed by atoms with Crippen molar-refractivity contribution in [2.75, 3.05) is 5.32 Å². The first-order chi connectivity index (χ1) is 11.6. The average molecular weight is 359 g/mol. The van der Waals surface area contributed by atoms with E-state index >= 15 is 0 Å². The number of nitrogens with zero attached hydrogens (tertiary/aromatic N) is 1. The quantitative estimate of drug-likeness (QED) is 0.880. The molecule has 4 nitrogen and oxygen atoms in total. The van der Waals surface area contributed by atoms with Gasteiger partial charge in [0.15, 0.2) is 0 Å². The molecule has 1 aliphatic heterocycles. The van der Waals surface area contributed by atoms with Crippen molar-refractivity contribution in [3.05, 3.63) is 65.2 Å². The van der Waals surface area contributed by atoms with Crippen molar-refractivity contribution in [3.63, 3.8) is 0 Å². The summed E-state index contributed by atoms with van der Waals surface area (Å²) >= 11 is 7.48. The first kappa shape index (κ1) is 16.7. The van der Waals surface area contributed by atoms with E-state index < -0.39 is 5.25 Å². The lowest BCUT2D eigenvalue weighted by Crippen LogP contribution is -2.21. The van der Waals surface area contributed by atoms with Gasteiger partial charge >= 0.3 is 0 Å². The highest BCUT2D eigenvalue weighted by Crippen LogP contribution is 2.29. The van der Waals surface area contributed by atoms with Crippen molar-refractivity contribution in [1.29, 1.82) is 0 Å². The van der Waals surface area contributed by atoms with Crippen molar-refractivity contribution in [1.82, 2.24) is 0 Å². The number of nitrogens with one attached hydrogen (secondary N) is 1. The molecule has 0 spiro atoms. The Kier molecular flexibility index (Phi) is 5.33. The molecule has 6 heteroatoms. The van der Waals surface area contributed by atoms with E-state index in [9.17, 15) is 9.59 Å². The van der Waals surface area contributed by atoms with E-state index in [1.807, 2.05) is 42.5 Å². The van der Waals surface area contributed by atoms with Crippen molar-refractivity contribution < 1.29 is 9.59 Å². The molecule has 1 atom stereocenters. The van der Waals surface area contributed by atoms with Crippen LogP contribution in [0.4, 0.5) is 5.69 Å². The smallest absolute Gasteiger partial charge is 0.260 e. The van der Waals surface area contributed by atoms with Gasteiger partial charge in [-0.25, -0.2) is 4.99 Å². The fraction of sp³-hybridized carbons (Fsp3) is 0.167. The van der Waals surface area contributed by atoms with Crippen molar-refractivity contribution in [2.24, 2.45) is 4.99 Å². The van der Waals surface area contributed by atoms with Crippen LogP contribution in [0.25, 0.3) is 0 Å². The van der Waals surface area contributed by atoms with E-state index in [4.69, 9.17) is 11.6 Å². The van der Waals surface area contributed by atoms with Crippen LogP contribution in [0.1, 0.15) is 12.0 Å². The number of benzene rings is 2. The third kappa shape index (κ3) is 4.24. The van der Waals surface area contributed by atoms with Gasteiger partial charge in [-0.05, 0) is 23.8 Å². The van der Waals surface area contributed by atoms with E-state index in [1.165, 1.54) is 11.8 Å². The standard InChI is InChI=1S/C18H15ClN2O2S/c19-14-9-5-4-6-12(14)10-17-21-18(23)15(24-17)11-16(22)20-13-7-2-1-3-8-13/h1-9,15H,10-11H2,(H,20,22)/t15-/m0/s1. The van der Waals surface area contributed by atoms with Gasteiger partial charge in [0.2, 0.25) is 5.91 Å². The predicted molar refractivity (Wildman–Crippen MR) is 98.7 cm³/mol. The zero-order valence-corrected chi connectivity index (χ0v) is 14.3. The maximum Gasteiger partial charge on any atom is 0.260 e. The maximum absolute atomic E-state index is 12.1. The van der Waals surface area contributed by atoms with E-state index in [2.05, 4.69) is 10.3 Å². The Balaban J connectivity index is 1.57. The molecule has 0 saturated heterocycles. The van der Waals surface area contributed by atoms with Gasteiger partial charge in [-0.3, -0.25) is 9.59 Å². The Bertz CT molecular complexity index is 793. The second-order valence-electron chi connectivity index (χ2n) is 5.34. The molecule has 2 aromatic carbocycles.